The van der Waals surface area contributed by atoms with Gasteiger partial charge >= 0.3 is 0 Å². The fraction of sp³-hybridized carbons (Fsp3) is 0.217. The minimum atomic E-state index is -0.648. The Morgan fingerprint density at radius 1 is 1.09 bits per heavy atom. The summed E-state index contributed by atoms with van der Waals surface area (Å²) in [5.41, 5.74) is 2.80. The van der Waals surface area contributed by atoms with Gasteiger partial charge in [0.2, 0.25) is 0 Å². The van der Waals surface area contributed by atoms with Gasteiger partial charge < -0.3 is 10.1 Å². The van der Waals surface area contributed by atoms with Crippen molar-refractivity contribution in [2.75, 3.05) is 26.2 Å². The zero-order valence-electron chi connectivity index (χ0n) is 17.1. The number of nitrogens with zero attached hydrogens (tertiary/aromatic N) is 4. The Kier molecular flexibility index (Phi) is 5.85. The second-order valence-corrected chi connectivity index (χ2v) is 8.57. The molecule has 1 saturated heterocycles. The molecule has 0 spiro atoms. The number of hydrogen-bond donors (Lipinski definition) is 1. The van der Waals surface area contributed by atoms with E-state index in [4.69, 9.17) is 4.74 Å². The fourth-order valence-electron chi connectivity index (χ4n) is 3.66. The molecule has 1 aromatic carbocycles. The molecule has 0 unspecified atom stereocenters. The minimum Gasteiger partial charge on any atom is -0.453 e. The molecule has 1 fully saturated rings. The number of nitrogens with one attached hydrogen (secondary N) is 1. The van der Waals surface area contributed by atoms with Gasteiger partial charge in [-0.05, 0) is 35.0 Å². The van der Waals surface area contributed by atoms with Crippen molar-refractivity contribution in [2.45, 2.75) is 6.54 Å². The first-order valence-corrected chi connectivity index (χ1v) is 11.1. The molecular weight excluding hydrogens is 429 g/mol. The van der Waals surface area contributed by atoms with Crippen molar-refractivity contribution in [3.05, 3.63) is 71.1 Å². The number of pyridine rings is 2. The number of rotatable bonds is 6. The third-order valence-electron chi connectivity index (χ3n) is 5.31. The second-order valence-electron chi connectivity index (χ2n) is 7.52. The molecule has 0 saturated carbocycles. The number of fused-ring (bicyclic) bond motifs is 1. The molecule has 0 bridgehead atoms. The van der Waals surface area contributed by atoms with Crippen molar-refractivity contribution in [1.29, 1.82) is 0 Å². The average molecular weight is 450 g/mol. The molecule has 0 radical (unpaired) electrons. The predicted octanol–water partition coefficient (Wildman–Crippen LogP) is 5.09. The lowest BCUT2D eigenvalue weighted by molar-refractivity contribution is 0.233. The van der Waals surface area contributed by atoms with Crippen LogP contribution in [0.15, 0.2) is 60.0 Å². The third-order valence-corrected chi connectivity index (χ3v) is 6.47. The lowest BCUT2D eigenvalue weighted by Gasteiger charge is -2.27. The highest BCUT2D eigenvalue weighted by Gasteiger charge is 2.15. The lowest BCUT2D eigenvalue weighted by Crippen LogP contribution is -2.42. The monoisotopic (exact) mass is 449 g/mol. The Bertz CT molecular complexity index is 1260. The largest absolute Gasteiger partial charge is 0.453 e. The summed E-state index contributed by atoms with van der Waals surface area (Å²) in [6.07, 6.45) is 3.54. The third kappa shape index (κ3) is 4.36. The van der Waals surface area contributed by atoms with Crippen molar-refractivity contribution < 1.29 is 9.13 Å². The fourth-order valence-corrected chi connectivity index (χ4v) is 4.70. The molecule has 0 atom stereocenters. The van der Waals surface area contributed by atoms with Crippen LogP contribution in [0.5, 0.6) is 11.5 Å². The number of aromatic nitrogens is 2. The Balaban J connectivity index is 1.38. The number of piperazine rings is 1. The Morgan fingerprint density at radius 3 is 2.72 bits per heavy atom. The van der Waals surface area contributed by atoms with E-state index in [1.54, 1.807) is 12.3 Å². The molecule has 4 aromatic rings. The molecule has 7 nitrogen and oxygen atoms in total. The number of thiophene rings is 1. The summed E-state index contributed by atoms with van der Waals surface area (Å²) in [5, 5.41) is 6.10. The van der Waals surface area contributed by atoms with Gasteiger partial charge in [0.05, 0.1) is 20.8 Å². The number of nitroso groups, excluding NO2 is 1. The topological polar surface area (TPSA) is 79.7 Å². The van der Waals surface area contributed by atoms with E-state index in [-0.39, 0.29) is 11.4 Å². The average Bonchev–Trinajstić information content (AvgIpc) is 3.27. The van der Waals surface area contributed by atoms with Crippen LogP contribution in [-0.4, -0.2) is 41.0 Å². The van der Waals surface area contributed by atoms with E-state index >= 15 is 0 Å². The SMILES string of the molecule is O=Nc1ccc(Oc2ccnc3cc(-c4ccc(CN5CCNCC5)cn4)sc23)c(F)c1. The maximum Gasteiger partial charge on any atom is 0.167 e. The second kappa shape index (κ2) is 9.07. The first-order valence-electron chi connectivity index (χ1n) is 10.3. The molecule has 4 heterocycles. The molecule has 5 rings (SSSR count). The number of hydrogen-bond acceptors (Lipinski definition) is 8. The van der Waals surface area contributed by atoms with Crippen LogP contribution in [0, 0.1) is 10.7 Å². The number of halogens is 1. The summed E-state index contributed by atoms with van der Waals surface area (Å²) >= 11 is 1.49. The summed E-state index contributed by atoms with van der Waals surface area (Å²) in [7, 11) is 0. The first-order chi connectivity index (χ1) is 15.7. The van der Waals surface area contributed by atoms with Crippen LogP contribution in [0.1, 0.15) is 5.56 Å². The van der Waals surface area contributed by atoms with Crippen LogP contribution >= 0.6 is 11.3 Å². The van der Waals surface area contributed by atoms with E-state index in [9.17, 15) is 9.30 Å². The normalized spacial score (nSPS) is 14.5. The molecular formula is C23H20FN5O2S. The van der Waals surface area contributed by atoms with Crippen molar-refractivity contribution in [3.8, 4) is 22.1 Å². The van der Waals surface area contributed by atoms with E-state index in [0.717, 1.165) is 59.6 Å². The van der Waals surface area contributed by atoms with Crippen molar-refractivity contribution in [3.63, 3.8) is 0 Å². The van der Waals surface area contributed by atoms with Crippen LogP contribution in [0.25, 0.3) is 20.8 Å². The number of ether oxygens (including phenoxy) is 1. The Labute approximate surface area is 187 Å². The Morgan fingerprint density at radius 2 is 1.97 bits per heavy atom. The molecule has 162 valence electrons. The zero-order chi connectivity index (χ0) is 21.9. The highest BCUT2D eigenvalue weighted by atomic mass is 32.1. The Hall–Kier alpha value is -3.27. The molecule has 1 aliphatic heterocycles. The standard InChI is InChI=1S/C23H20FN5O2S/c24-17-11-16(28-30)2-4-20(17)31-21-5-6-26-19-12-22(32-23(19)21)18-3-1-15(13-27-18)14-29-9-7-25-8-10-29/h1-6,11-13,25H,7-10,14H2. The summed E-state index contributed by atoms with van der Waals surface area (Å²) < 4.78 is 20.8. The predicted molar refractivity (Wildman–Crippen MR) is 123 cm³/mol. The summed E-state index contributed by atoms with van der Waals surface area (Å²) in [6.45, 7) is 5.02. The van der Waals surface area contributed by atoms with Gasteiger partial charge in [-0.3, -0.25) is 14.9 Å². The molecule has 32 heavy (non-hydrogen) atoms. The summed E-state index contributed by atoms with van der Waals surface area (Å²) in [5.74, 6) is -0.131. The molecule has 0 aliphatic carbocycles. The van der Waals surface area contributed by atoms with Crippen molar-refractivity contribution >= 4 is 27.2 Å². The van der Waals surface area contributed by atoms with Crippen LogP contribution in [0.2, 0.25) is 0 Å². The van der Waals surface area contributed by atoms with Crippen LogP contribution in [0.4, 0.5) is 10.1 Å². The highest BCUT2D eigenvalue weighted by molar-refractivity contribution is 7.22. The first kappa shape index (κ1) is 20.6. The zero-order valence-corrected chi connectivity index (χ0v) is 17.9. The van der Waals surface area contributed by atoms with Gasteiger partial charge in [-0.1, -0.05) is 6.07 Å². The van der Waals surface area contributed by atoms with Gasteiger partial charge in [0.25, 0.3) is 0 Å². The quantitative estimate of drug-likeness (QED) is 0.413. The summed E-state index contributed by atoms with van der Waals surface area (Å²) in [6, 6.07) is 11.6. The van der Waals surface area contributed by atoms with Gasteiger partial charge in [-0.2, -0.15) is 0 Å². The summed E-state index contributed by atoms with van der Waals surface area (Å²) in [4.78, 5) is 23.0. The maximum absolute atomic E-state index is 14.2. The number of benzene rings is 1. The lowest BCUT2D eigenvalue weighted by atomic mass is 10.2. The van der Waals surface area contributed by atoms with Crippen LogP contribution < -0.4 is 10.1 Å². The molecule has 1 aliphatic rings. The van der Waals surface area contributed by atoms with Gasteiger partial charge in [-0.25, -0.2) is 4.39 Å². The van der Waals surface area contributed by atoms with E-state index < -0.39 is 5.82 Å². The maximum atomic E-state index is 14.2. The van der Waals surface area contributed by atoms with Crippen LogP contribution in [0.3, 0.4) is 0 Å². The highest BCUT2D eigenvalue weighted by Crippen LogP contribution is 2.39. The van der Waals surface area contributed by atoms with Gasteiger partial charge in [-0.15, -0.1) is 16.2 Å². The van der Waals surface area contributed by atoms with Gasteiger partial charge in [0.15, 0.2) is 11.6 Å². The molecule has 1 N–H and O–H groups in total. The van der Waals surface area contributed by atoms with Crippen molar-refractivity contribution in [2.24, 2.45) is 5.18 Å². The molecule has 3 aromatic heterocycles. The van der Waals surface area contributed by atoms with E-state index in [1.165, 1.54) is 29.0 Å². The van der Waals surface area contributed by atoms with E-state index in [2.05, 4.69) is 31.4 Å². The minimum absolute atomic E-state index is 0.0135. The van der Waals surface area contributed by atoms with E-state index in [0.29, 0.717) is 5.75 Å². The smallest absolute Gasteiger partial charge is 0.167 e. The van der Waals surface area contributed by atoms with Crippen LogP contribution in [-0.2, 0) is 6.54 Å². The van der Waals surface area contributed by atoms with Gasteiger partial charge in [0, 0.05) is 57.3 Å². The van der Waals surface area contributed by atoms with E-state index in [1.807, 2.05) is 18.3 Å². The van der Waals surface area contributed by atoms with Gasteiger partial charge in [0.1, 0.15) is 11.4 Å². The molecule has 9 heteroatoms. The molecule has 0 amide bonds. The van der Waals surface area contributed by atoms with Crippen molar-refractivity contribution in [1.82, 2.24) is 20.2 Å².